The van der Waals surface area contributed by atoms with E-state index in [9.17, 15) is 4.39 Å². The van der Waals surface area contributed by atoms with Crippen LogP contribution in [0.3, 0.4) is 0 Å². The van der Waals surface area contributed by atoms with E-state index in [0.29, 0.717) is 0 Å². The molecule has 0 aliphatic heterocycles. The van der Waals surface area contributed by atoms with E-state index in [1.54, 1.807) is 18.3 Å². The summed E-state index contributed by atoms with van der Waals surface area (Å²) < 4.78 is 12.7. The molecular weight excluding hydrogens is 246 g/mol. The van der Waals surface area contributed by atoms with Crippen LogP contribution in [0.4, 0.5) is 4.39 Å². The Hall–Kier alpha value is -0.190. The van der Waals surface area contributed by atoms with E-state index in [2.05, 4.69) is 20.9 Å². The number of rotatable bonds is 2. The fourth-order valence-corrected chi connectivity index (χ4v) is 0.930. The fraction of sp³-hybridized carbons (Fsp3) is 0.286. The molecule has 5 heteroatoms. The monoisotopic (exact) mass is 254 g/mol. The van der Waals surface area contributed by atoms with Gasteiger partial charge in [0.05, 0.1) is 6.04 Å². The van der Waals surface area contributed by atoms with Gasteiger partial charge in [-0.15, -0.1) is 12.4 Å². The largest absolute Gasteiger partial charge is 0.322 e. The van der Waals surface area contributed by atoms with E-state index in [1.165, 1.54) is 0 Å². The molecule has 0 aliphatic carbocycles. The van der Waals surface area contributed by atoms with Crippen LogP contribution in [-0.4, -0.2) is 11.7 Å². The molecule has 2 N–H and O–H groups in total. The SMILES string of the molecule is Cl.N[C@H](CF)c1ccc(Br)nc1. The number of hydrogen-bond donors (Lipinski definition) is 1. The van der Waals surface area contributed by atoms with Crippen molar-refractivity contribution < 1.29 is 4.39 Å². The third-order valence-electron chi connectivity index (χ3n) is 1.34. The van der Waals surface area contributed by atoms with Gasteiger partial charge in [0.1, 0.15) is 11.3 Å². The van der Waals surface area contributed by atoms with E-state index in [1.807, 2.05) is 0 Å². The molecule has 0 bridgehead atoms. The Morgan fingerprint density at radius 2 is 2.25 bits per heavy atom. The molecule has 0 amide bonds. The lowest BCUT2D eigenvalue weighted by atomic mass is 10.1. The van der Waals surface area contributed by atoms with Gasteiger partial charge < -0.3 is 5.73 Å². The lowest BCUT2D eigenvalue weighted by Crippen LogP contribution is -2.12. The van der Waals surface area contributed by atoms with Crippen molar-refractivity contribution in [2.75, 3.05) is 6.67 Å². The third-order valence-corrected chi connectivity index (χ3v) is 1.81. The Balaban J connectivity index is 0.00000121. The molecular formula is C7H9BrClFN2. The lowest BCUT2D eigenvalue weighted by Gasteiger charge is -2.05. The zero-order valence-corrected chi connectivity index (χ0v) is 8.61. The highest BCUT2D eigenvalue weighted by Crippen LogP contribution is 2.12. The fourth-order valence-electron chi connectivity index (χ4n) is 0.696. The number of nitrogens with zero attached hydrogens (tertiary/aromatic N) is 1. The van der Waals surface area contributed by atoms with Gasteiger partial charge in [-0.05, 0) is 27.6 Å². The molecule has 0 aromatic carbocycles. The molecule has 68 valence electrons. The molecule has 1 rings (SSSR count). The summed E-state index contributed by atoms with van der Waals surface area (Å²) in [5, 5.41) is 0. The van der Waals surface area contributed by atoms with Gasteiger partial charge in [0.15, 0.2) is 0 Å². The summed E-state index contributed by atoms with van der Waals surface area (Å²) in [6, 6.07) is 2.95. The normalized spacial score (nSPS) is 11.9. The summed E-state index contributed by atoms with van der Waals surface area (Å²) in [5.74, 6) is 0. The topological polar surface area (TPSA) is 38.9 Å². The van der Waals surface area contributed by atoms with E-state index in [-0.39, 0.29) is 12.4 Å². The van der Waals surface area contributed by atoms with Crippen molar-refractivity contribution in [1.29, 1.82) is 0 Å². The lowest BCUT2D eigenvalue weighted by molar-refractivity contribution is 0.436. The number of alkyl halides is 1. The van der Waals surface area contributed by atoms with Crippen molar-refractivity contribution in [3.8, 4) is 0 Å². The Labute approximate surface area is 84.9 Å². The molecule has 0 saturated carbocycles. The number of aromatic nitrogens is 1. The van der Waals surface area contributed by atoms with Crippen LogP contribution in [0, 0.1) is 0 Å². The van der Waals surface area contributed by atoms with Crippen molar-refractivity contribution >= 4 is 28.3 Å². The molecule has 1 aromatic rings. The summed E-state index contributed by atoms with van der Waals surface area (Å²) in [6.07, 6.45) is 1.56. The van der Waals surface area contributed by atoms with Crippen LogP contribution in [0.1, 0.15) is 11.6 Å². The van der Waals surface area contributed by atoms with Crippen LogP contribution in [0.2, 0.25) is 0 Å². The highest BCUT2D eigenvalue weighted by atomic mass is 79.9. The second kappa shape index (κ2) is 5.45. The molecule has 1 atom stereocenters. The summed E-state index contributed by atoms with van der Waals surface area (Å²) in [4.78, 5) is 3.92. The van der Waals surface area contributed by atoms with Crippen LogP contribution in [0.25, 0.3) is 0 Å². The maximum absolute atomic E-state index is 12.0. The molecule has 0 radical (unpaired) electrons. The molecule has 0 unspecified atom stereocenters. The van der Waals surface area contributed by atoms with Gasteiger partial charge in [0, 0.05) is 6.20 Å². The van der Waals surface area contributed by atoms with Gasteiger partial charge in [0.2, 0.25) is 0 Å². The first-order valence-electron chi connectivity index (χ1n) is 3.17. The van der Waals surface area contributed by atoms with Gasteiger partial charge in [0.25, 0.3) is 0 Å². The standard InChI is InChI=1S/C7H8BrFN2.ClH/c8-7-2-1-5(4-11-7)6(10)3-9;/h1-2,4,6H,3,10H2;1H/t6-;/m1./s1. The Kier molecular flexibility index (Phi) is 5.37. The van der Waals surface area contributed by atoms with Gasteiger partial charge in [-0.3, -0.25) is 0 Å². The highest BCUT2D eigenvalue weighted by molar-refractivity contribution is 9.10. The van der Waals surface area contributed by atoms with Gasteiger partial charge in [-0.25, -0.2) is 9.37 Å². The van der Waals surface area contributed by atoms with Crippen molar-refractivity contribution in [2.45, 2.75) is 6.04 Å². The first kappa shape index (κ1) is 11.8. The molecule has 12 heavy (non-hydrogen) atoms. The first-order chi connectivity index (χ1) is 5.24. The smallest absolute Gasteiger partial charge is 0.109 e. The number of nitrogens with two attached hydrogens (primary N) is 1. The minimum Gasteiger partial charge on any atom is -0.322 e. The summed E-state index contributed by atoms with van der Waals surface area (Å²) in [7, 11) is 0. The highest BCUT2D eigenvalue weighted by Gasteiger charge is 2.03. The summed E-state index contributed by atoms with van der Waals surface area (Å²) >= 11 is 3.17. The molecule has 1 heterocycles. The summed E-state index contributed by atoms with van der Waals surface area (Å²) in [5.41, 5.74) is 6.13. The molecule has 0 aliphatic rings. The Morgan fingerprint density at radius 3 is 2.67 bits per heavy atom. The number of halogens is 3. The second-order valence-electron chi connectivity index (χ2n) is 2.18. The second-order valence-corrected chi connectivity index (χ2v) is 2.99. The molecule has 0 saturated heterocycles. The molecule has 0 spiro atoms. The van der Waals surface area contributed by atoms with Crippen LogP contribution in [-0.2, 0) is 0 Å². The van der Waals surface area contributed by atoms with Crippen LogP contribution >= 0.6 is 28.3 Å². The summed E-state index contributed by atoms with van der Waals surface area (Å²) in [6.45, 7) is -0.552. The molecule has 0 fully saturated rings. The van der Waals surface area contributed by atoms with Gasteiger partial charge >= 0.3 is 0 Å². The quantitative estimate of drug-likeness (QED) is 0.823. The van der Waals surface area contributed by atoms with E-state index < -0.39 is 12.7 Å². The van der Waals surface area contributed by atoms with E-state index in [0.717, 1.165) is 10.2 Å². The third kappa shape index (κ3) is 3.05. The maximum atomic E-state index is 12.0. The number of pyridine rings is 1. The minimum atomic E-state index is -0.552. The van der Waals surface area contributed by atoms with E-state index in [4.69, 9.17) is 5.73 Å². The van der Waals surface area contributed by atoms with Crippen LogP contribution < -0.4 is 5.73 Å². The zero-order chi connectivity index (χ0) is 8.27. The number of hydrogen-bond acceptors (Lipinski definition) is 2. The first-order valence-corrected chi connectivity index (χ1v) is 3.96. The molecule has 1 aromatic heterocycles. The van der Waals surface area contributed by atoms with Crippen molar-refractivity contribution in [2.24, 2.45) is 5.73 Å². The van der Waals surface area contributed by atoms with Crippen LogP contribution in [0.5, 0.6) is 0 Å². The Morgan fingerprint density at radius 1 is 1.58 bits per heavy atom. The Bertz CT molecular complexity index is 229. The maximum Gasteiger partial charge on any atom is 0.109 e. The average molecular weight is 256 g/mol. The predicted octanol–water partition coefficient (Wildman–Crippen LogP) is 2.24. The average Bonchev–Trinajstić information content (AvgIpc) is 2.05. The van der Waals surface area contributed by atoms with Crippen LogP contribution in [0.15, 0.2) is 22.9 Å². The van der Waals surface area contributed by atoms with Gasteiger partial charge in [-0.2, -0.15) is 0 Å². The van der Waals surface area contributed by atoms with E-state index >= 15 is 0 Å². The zero-order valence-electron chi connectivity index (χ0n) is 6.21. The minimum absolute atomic E-state index is 0. The van der Waals surface area contributed by atoms with Gasteiger partial charge in [-0.1, -0.05) is 6.07 Å². The van der Waals surface area contributed by atoms with Crippen molar-refractivity contribution in [1.82, 2.24) is 4.98 Å². The predicted molar refractivity (Wildman–Crippen MR) is 52.1 cm³/mol. The van der Waals surface area contributed by atoms with Crippen molar-refractivity contribution in [3.05, 3.63) is 28.5 Å². The van der Waals surface area contributed by atoms with Crippen molar-refractivity contribution in [3.63, 3.8) is 0 Å². The molecule has 2 nitrogen and oxygen atoms in total.